The van der Waals surface area contributed by atoms with Crippen LogP contribution in [0.2, 0.25) is 0 Å². The predicted octanol–water partition coefficient (Wildman–Crippen LogP) is 8.70. The van der Waals surface area contributed by atoms with Crippen molar-refractivity contribution >= 4 is 21.7 Å². The fraction of sp³-hybridized carbons (Fsp3) is 0.0312. The van der Waals surface area contributed by atoms with Crippen molar-refractivity contribution in [2.24, 2.45) is 0 Å². The average molecular weight is 422 g/mol. The molecular formula is C32H23N. The van der Waals surface area contributed by atoms with Crippen molar-refractivity contribution in [1.82, 2.24) is 4.98 Å². The molecule has 0 atom stereocenters. The Bertz CT molecular complexity index is 1590. The maximum atomic E-state index is 4.61. The van der Waals surface area contributed by atoms with Crippen LogP contribution in [0.15, 0.2) is 121 Å². The molecule has 0 fully saturated rings. The normalized spacial score (nSPS) is 11.2. The summed E-state index contributed by atoms with van der Waals surface area (Å²) in [5.74, 6) is 0. The van der Waals surface area contributed by atoms with Gasteiger partial charge in [-0.15, -0.1) is 0 Å². The van der Waals surface area contributed by atoms with E-state index < -0.39 is 0 Å². The Hall–Kier alpha value is -4.23. The Balaban J connectivity index is 1.37. The molecular weight excluding hydrogens is 398 g/mol. The molecule has 1 aromatic heterocycles. The molecule has 0 aliphatic carbocycles. The highest BCUT2D eigenvalue weighted by molar-refractivity contribution is 5.94. The first kappa shape index (κ1) is 19.5. The zero-order chi connectivity index (χ0) is 22.2. The summed E-state index contributed by atoms with van der Waals surface area (Å²) in [7, 11) is 0. The molecule has 0 aliphatic rings. The van der Waals surface area contributed by atoms with Crippen molar-refractivity contribution in [3.05, 3.63) is 127 Å². The largest absolute Gasteiger partial charge is 0.256 e. The van der Waals surface area contributed by atoms with E-state index >= 15 is 0 Å². The summed E-state index contributed by atoms with van der Waals surface area (Å²) in [6.07, 6.45) is 1.86. The Labute approximate surface area is 194 Å². The highest BCUT2D eigenvalue weighted by Gasteiger charge is 2.07. The minimum absolute atomic E-state index is 1.04. The van der Waals surface area contributed by atoms with Crippen LogP contribution < -0.4 is 0 Å². The third-order valence-electron chi connectivity index (χ3n) is 6.39. The molecule has 0 N–H and O–H groups in total. The van der Waals surface area contributed by atoms with Crippen LogP contribution in [-0.4, -0.2) is 4.98 Å². The Morgan fingerprint density at radius 3 is 1.73 bits per heavy atom. The van der Waals surface area contributed by atoms with E-state index in [4.69, 9.17) is 0 Å². The summed E-state index contributed by atoms with van der Waals surface area (Å²) in [6.45, 7) is 2.12. The second-order valence-corrected chi connectivity index (χ2v) is 8.60. The quantitative estimate of drug-likeness (QED) is 0.278. The summed E-state index contributed by atoms with van der Waals surface area (Å²) in [5, 5.41) is 3.68. The lowest BCUT2D eigenvalue weighted by atomic mass is 9.95. The molecule has 6 aromatic rings. The van der Waals surface area contributed by atoms with Crippen LogP contribution in [0.3, 0.4) is 0 Å². The summed E-state index contributed by atoms with van der Waals surface area (Å²) in [5.41, 5.74) is 9.62. The van der Waals surface area contributed by atoms with Crippen molar-refractivity contribution < 1.29 is 0 Å². The minimum atomic E-state index is 1.04. The van der Waals surface area contributed by atoms with Crippen LogP contribution in [-0.2, 0) is 0 Å². The molecule has 0 unspecified atom stereocenters. The van der Waals surface area contributed by atoms with Gasteiger partial charge in [0.15, 0.2) is 0 Å². The van der Waals surface area contributed by atoms with Gasteiger partial charge in [0.05, 0.1) is 5.52 Å². The standard InChI is InChI=1S/C32H23N/c1-22-7-9-23(10-8-22)28-17-13-25-14-18-29(21-30(25)20-28)24-11-15-26(16-12-24)31-6-2-4-27-5-3-19-33-32(27)31/h2-21H,1H3. The van der Waals surface area contributed by atoms with Crippen LogP contribution in [0.4, 0.5) is 0 Å². The number of aryl methyl sites for hydroxylation is 1. The monoisotopic (exact) mass is 421 g/mol. The number of benzene rings is 5. The number of fused-ring (bicyclic) bond motifs is 2. The maximum absolute atomic E-state index is 4.61. The Kier molecular flexibility index (Phi) is 4.74. The molecule has 1 heterocycles. The first-order valence-corrected chi connectivity index (χ1v) is 11.3. The molecule has 0 saturated heterocycles. The van der Waals surface area contributed by atoms with Gasteiger partial charge in [0.25, 0.3) is 0 Å². The molecule has 0 bridgehead atoms. The highest BCUT2D eigenvalue weighted by atomic mass is 14.6. The Morgan fingerprint density at radius 2 is 1.03 bits per heavy atom. The second kappa shape index (κ2) is 8.03. The van der Waals surface area contributed by atoms with Gasteiger partial charge in [-0.3, -0.25) is 4.98 Å². The third kappa shape index (κ3) is 3.68. The number of aromatic nitrogens is 1. The lowest BCUT2D eigenvalue weighted by Crippen LogP contribution is -1.85. The second-order valence-electron chi connectivity index (χ2n) is 8.60. The van der Waals surface area contributed by atoms with Crippen molar-refractivity contribution in [3.8, 4) is 33.4 Å². The fourth-order valence-corrected chi connectivity index (χ4v) is 4.53. The molecule has 1 nitrogen and oxygen atoms in total. The number of pyridine rings is 1. The number of nitrogens with zero attached hydrogens (tertiary/aromatic N) is 1. The summed E-state index contributed by atoms with van der Waals surface area (Å²) >= 11 is 0. The van der Waals surface area contributed by atoms with Gasteiger partial charge in [0.1, 0.15) is 0 Å². The van der Waals surface area contributed by atoms with Gasteiger partial charge < -0.3 is 0 Å². The molecule has 0 radical (unpaired) electrons. The molecule has 156 valence electrons. The van der Waals surface area contributed by atoms with Crippen LogP contribution in [0, 0.1) is 6.92 Å². The number of hydrogen-bond donors (Lipinski definition) is 0. The van der Waals surface area contributed by atoms with E-state index in [0.29, 0.717) is 0 Å². The first-order chi connectivity index (χ1) is 16.2. The molecule has 0 amide bonds. The van der Waals surface area contributed by atoms with Gasteiger partial charge in [-0.25, -0.2) is 0 Å². The van der Waals surface area contributed by atoms with Crippen molar-refractivity contribution in [1.29, 1.82) is 0 Å². The molecule has 5 aromatic carbocycles. The van der Waals surface area contributed by atoms with Gasteiger partial charge in [0, 0.05) is 17.1 Å². The summed E-state index contributed by atoms with van der Waals surface area (Å²) in [6, 6.07) is 41.4. The lowest BCUT2D eigenvalue weighted by molar-refractivity contribution is 1.41. The van der Waals surface area contributed by atoms with Crippen molar-refractivity contribution in [2.45, 2.75) is 6.92 Å². The van der Waals surface area contributed by atoms with E-state index in [2.05, 4.69) is 121 Å². The van der Waals surface area contributed by atoms with Gasteiger partial charge in [0.2, 0.25) is 0 Å². The van der Waals surface area contributed by atoms with Gasteiger partial charge in [-0.05, 0) is 63.7 Å². The Morgan fingerprint density at radius 1 is 0.455 bits per heavy atom. The smallest absolute Gasteiger partial charge is 0.0780 e. The van der Waals surface area contributed by atoms with E-state index in [0.717, 1.165) is 10.9 Å². The van der Waals surface area contributed by atoms with Crippen LogP contribution in [0.1, 0.15) is 5.56 Å². The highest BCUT2D eigenvalue weighted by Crippen LogP contribution is 2.32. The van der Waals surface area contributed by atoms with Crippen molar-refractivity contribution in [3.63, 3.8) is 0 Å². The van der Waals surface area contributed by atoms with E-state index in [-0.39, 0.29) is 0 Å². The minimum Gasteiger partial charge on any atom is -0.256 e. The molecule has 0 spiro atoms. The number of rotatable bonds is 3. The lowest BCUT2D eigenvalue weighted by Gasteiger charge is -2.09. The third-order valence-corrected chi connectivity index (χ3v) is 6.39. The van der Waals surface area contributed by atoms with Crippen LogP contribution in [0.5, 0.6) is 0 Å². The molecule has 33 heavy (non-hydrogen) atoms. The van der Waals surface area contributed by atoms with E-state index in [1.165, 1.54) is 49.7 Å². The maximum Gasteiger partial charge on any atom is 0.0780 e. The van der Waals surface area contributed by atoms with Gasteiger partial charge in [-0.1, -0.05) is 103 Å². The van der Waals surface area contributed by atoms with E-state index in [1.807, 2.05) is 12.3 Å². The molecule has 1 heteroatoms. The average Bonchev–Trinajstić information content (AvgIpc) is 2.88. The zero-order valence-corrected chi connectivity index (χ0v) is 18.5. The molecule has 0 aliphatic heterocycles. The topological polar surface area (TPSA) is 12.9 Å². The fourth-order valence-electron chi connectivity index (χ4n) is 4.53. The van der Waals surface area contributed by atoms with Crippen molar-refractivity contribution in [2.75, 3.05) is 0 Å². The molecule has 6 rings (SSSR count). The first-order valence-electron chi connectivity index (χ1n) is 11.3. The van der Waals surface area contributed by atoms with E-state index in [1.54, 1.807) is 0 Å². The summed E-state index contributed by atoms with van der Waals surface area (Å²) < 4.78 is 0. The summed E-state index contributed by atoms with van der Waals surface area (Å²) in [4.78, 5) is 4.61. The zero-order valence-electron chi connectivity index (χ0n) is 18.5. The van der Waals surface area contributed by atoms with Crippen LogP contribution in [0.25, 0.3) is 55.1 Å². The van der Waals surface area contributed by atoms with E-state index in [9.17, 15) is 0 Å². The SMILES string of the molecule is Cc1ccc(-c2ccc3ccc(-c4ccc(-c5cccc6cccnc56)cc4)cc3c2)cc1. The number of hydrogen-bond acceptors (Lipinski definition) is 1. The number of para-hydroxylation sites is 1. The molecule has 0 saturated carbocycles. The van der Waals surface area contributed by atoms with Gasteiger partial charge in [-0.2, -0.15) is 0 Å². The van der Waals surface area contributed by atoms with Crippen LogP contribution >= 0.6 is 0 Å². The predicted molar refractivity (Wildman–Crippen MR) is 140 cm³/mol. The van der Waals surface area contributed by atoms with Gasteiger partial charge >= 0.3 is 0 Å².